The highest BCUT2D eigenvalue weighted by atomic mass is 32.2. The molecule has 2 aliphatic carbocycles. The van der Waals surface area contributed by atoms with E-state index in [-0.39, 0.29) is 56.2 Å². The van der Waals surface area contributed by atoms with E-state index in [9.17, 15) is 43.2 Å². The minimum absolute atomic E-state index is 0.0745. The number of benzene rings is 4. The van der Waals surface area contributed by atoms with E-state index in [1.807, 2.05) is 0 Å². The van der Waals surface area contributed by atoms with Gasteiger partial charge in [0.05, 0.1) is 22.8 Å². The predicted molar refractivity (Wildman–Crippen MR) is 192 cm³/mol. The predicted octanol–water partition coefficient (Wildman–Crippen LogP) is 4.39. The zero-order valence-corrected chi connectivity index (χ0v) is 29.9. The van der Waals surface area contributed by atoms with Crippen LogP contribution in [0.4, 0.5) is 26.3 Å². The van der Waals surface area contributed by atoms with Crippen molar-refractivity contribution in [2.24, 2.45) is 32.2 Å². The molecule has 0 heterocycles. The number of hydrazone groups is 2. The second-order valence-electron chi connectivity index (χ2n) is 12.6. The molecule has 10 N–H and O–H groups in total. The highest BCUT2D eigenvalue weighted by Crippen LogP contribution is 2.52. The first-order chi connectivity index (χ1) is 26.0. The van der Waals surface area contributed by atoms with Gasteiger partial charge in [-0.2, -0.15) is 10.2 Å². The van der Waals surface area contributed by atoms with Crippen molar-refractivity contribution in [2.45, 2.75) is 35.1 Å². The number of nitrogens with two attached hydrogens (primary N) is 4. The number of primary sulfonamides is 2. The number of halogens is 6. The molecular weight excluding hydrogens is 795 g/mol. The van der Waals surface area contributed by atoms with E-state index in [0.717, 1.165) is 24.3 Å². The van der Waals surface area contributed by atoms with Crippen LogP contribution in [0, 0.1) is 10.8 Å². The molecule has 0 aromatic heterocycles. The lowest BCUT2D eigenvalue weighted by Gasteiger charge is -2.39. The van der Waals surface area contributed by atoms with Gasteiger partial charge in [0.25, 0.3) is 0 Å². The van der Waals surface area contributed by atoms with Crippen molar-refractivity contribution in [1.29, 1.82) is 10.8 Å². The second kappa shape index (κ2) is 13.4. The molecule has 22 heteroatoms. The topological polar surface area (TPSA) is 263 Å². The molecule has 14 nitrogen and oxygen atoms in total. The van der Waals surface area contributed by atoms with Crippen LogP contribution < -0.4 is 31.4 Å². The van der Waals surface area contributed by atoms with Crippen molar-refractivity contribution in [3.8, 4) is 22.6 Å². The van der Waals surface area contributed by atoms with Crippen LogP contribution in [0.15, 0.2) is 95.1 Å². The third-order valence-corrected chi connectivity index (χ3v) is 12.7. The number of ether oxygens (including phenoxy) is 2. The Bertz CT molecular complexity index is 2440. The van der Waals surface area contributed by atoms with Crippen LogP contribution in [0.5, 0.6) is 11.5 Å². The van der Waals surface area contributed by atoms with Crippen molar-refractivity contribution in [3.05, 3.63) is 118 Å². The summed E-state index contributed by atoms with van der Waals surface area (Å²) in [6, 6.07) is 16.0. The summed E-state index contributed by atoms with van der Waals surface area (Å²) in [7, 11) is -10.0. The first kappa shape index (κ1) is 39.8. The van der Waals surface area contributed by atoms with Gasteiger partial charge in [-0.05, 0) is 34.4 Å². The zero-order valence-electron chi connectivity index (χ0n) is 28.2. The molecule has 4 aromatic carbocycles. The van der Waals surface area contributed by atoms with Crippen LogP contribution in [0.2, 0.25) is 0 Å². The minimum Gasteiger partial charge on any atom is -0.405 e. The van der Waals surface area contributed by atoms with Crippen LogP contribution in [-0.4, -0.2) is 52.4 Å². The molecule has 0 bridgehead atoms. The van der Waals surface area contributed by atoms with Crippen molar-refractivity contribution >= 4 is 42.9 Å². The summed E-state index contributed by atoms with van der Waals surface area (Å²) in [4.78, 5) is 0. The summed E-state index contributed by atoms with van der Waals surface area (Å²) in [5.41, 5.74) is -3.88. The maximum Gasteiger partial charge on any atom is 0.573 e. The Kier molecular flexibility index (Phi) is 9.55. The fourth-order valence-corrected chi connectivity index (χ4v) is 9.86. The molecule has 2 aliphatic rings. The van der Waals surface area contributed by atoms with Crippen LogP contribution in [0.3, 0.4) is 0 Å². The molecule has 2 unspecified atom stereocenters. The Morgan fingerprint density at radius 2 is 0.911 bits per heavy atom. The van der Waals surface area contributed by atoms with E-state index in [0.29, 0.717) is 12.1 Å². The van der Waals surface area contributed by atoms with E-state index < -0.39 is 77.7 Å². The molecule has 0 saturated carbocycles. The monoisotopic (exact) mass is 822 g/mol. The summed E-state index contributed by atoms with van der Waals surface area (Å²) in [6.07, 6.45) is -12.6. The minimum atomic E-state index is -5.47. The molecule has 0 amide bonds. The summed E-state index contributed by atoms with van der Waals surface area (Å²) in [5.74, 6) is 8.65. The Hall–Kier alpha value is -5.84. The second-order valence-corrected chi connectivity index (χ2v) is 16.2. The maximum absolute atomic E-state index is 14.1. The lowest BCUT2D eigenvalue weighted by Crippen LogP contribution is -2.49. The van der Waals surface area contributed by atoms with E-state index >= 15 is 0 Å². The SMILES string of the molecule is N=C1C(=NN)CC(c2ccc(-c3ccc(C4(S(N)(=O)=O)CC(=NN)C(=N)c5ccccc54)c(OC(F)(F)F)c3)cc2OC(F)(F)F)(S(N)(=O)=O)c2ccccc21. The fraction of sp³-hybridized carbons (Fsp3) is 0.176. The molecule has 0 saturated heterocycles. The molecule has 0 aliphatic heterocycles. The van der Waals surface area contributed by atoms with Crippen LogP contribution >= 0.6 is 0 Å². The van der Waals surface area contributed by atoms with Gasteiger partial charge in [0.2, 0.25) is 20.0 Å². The number of hydrogen-bond donors (Lipinski definition) is 6. The quantitative estimate of drug-likeness (QED) is 0.0883. The highest BCUT2D eigenvalue weighted by Gasteiger charge is 2.55. The zero-order chi connectivity index (χ0) is 41.2. The first-order valence-corrected chi connectivity index (χ1v) is 18.8. The summed E-state index contributed by atoms with van der Waals surface area (Å²) >= 11 is 0. The van der Waals surface area contributed by atoms with Gasteiger partial charge in [0.15, 0.2) is 0 Å². The van der Waals surface area contributed by atoms with Crippen LogP contribution in [0.1, 0.15) is 46.2 Å². The highest BCUT2D eigenvalue weighted by molar-refractivity contribution is 7.90. The van der Waals surface area contributed by atoms with Crippen molar-refractivity contribution in [2.75, 3.05) is 0 Å². The lowest BCUT2D eigenvalue weighted by atomic mass is 9.75. The van der Waals surface area contributed by atoms with Crippen LogP contribution in [-0.2, 0) is 29.5 Å². The Balaban J connectivity index is 1.64. The van der Waals surface area contributed by atoms with Gasteiger partial charge in [0, 0.05) is 35.1 Å². The molecule has 4 aromatic rings. The van der Waals surface area contributed by atoms with E-state index in [1.54, 1.807) is 0 Å². The molecule has 0 spiro atoms. The van der Waals surface area contributed by atoms with Gasteiger partial charge in [-0.1, -0.05) is 72.8 Å². The summed E-state index contributed by atoms with van der Waals surface area (Å²) in [5, 5.41) is 35.5. The third kappa shape index (κ3) is 6.52. The average Bonchev–Trinajstić information content (AvgIpc) is 3.10. The standard InChI is InChI=1S/C34H28F6N8O6S2/c35-33(36,37)53-27-13-17(9-11-23(27)31(55(45,49)50)15-25(47-43)29(41)19-5-1-3-7-21(19)31)18-10-12-24(28(14-18)54-34(38,39)40)32(56(46,51)52)16-26(48-44)30(42)20-6-2-4-8-22(20)32/h1-14,41-42H,15-16,43-44H2,(H2,45,49,50)(H2,46,51,52). The van der Waals surface area contributed by atoms with Crippen molar-refractivity contribution < 1.29 is 52.7 Å². The third-order valence-electron chi connectivity index (χ3n) is 9.57. The summed E-state index contributed by atoms with van der Waals surface area (Å²) < 4.78 is 142. The van der Waals surface area contributed by atoms with Crippen LogP contribution in [0.25, 0.3) is 11.1 Å². The van der Waals surface area contributed by atoms with Gasteiger partial charge in [-0.25, -0.2) is 27.1 Å². The van der Waals surface area contributed by atoms with E-state index in [4.69, 9.17) is 32.8 Å². The number of fused-ring (bicyclic) bond motifs is 2. The van der Waals surface area contributed by atoms with Gasteiger partial charge in [-0.15, -0.1) is 26.3 Å². The van der Waals surface area contributed by atoms with E-state index in [1.165, 1.54) is 48.5 Å². The Morgan fingerprint density at radius 1 is 0.571 bits per heavy atom. The molecule has 294 valence electrons. The number of sulfonamides is 2. The van der Waals surface area contributed by atoms with Crippen molar-refractivity contribution in [3.63, 3.8) is 0 Å². The fourth-order valence-electron chi connectivity index (χ4n) is 7.26. The number of nitrogens with one attached hydrogen (secondary N) is 2. The summed E-state index contributed by atoms with van der Waals surface area (Å²) in [6.45, 7) is 0. The Labute approximate surface area is 313 Å². The number of rotatable bonds is 7. The molecule has 2 atom stereocenters. The van der Waals surface area contributed by atoms with E-state index in [2.05, 4.69) is 19.7 Å². The van der Waals surface area contributed by atoms with Gasteiger partial charge in [-0.3, -0.25) is 10.8 Å². The molecule has 0 fully saturated rings. The van der Waals surface area contributed by atoms with Crippen molar-refractivity contribution in [1.82, 2.24) is 0 Å². The Morgan fingerprint density at radius 3 is 1.21 bits per heavy atom. The number of alkyl halides is 6. The largest absolute Gasteiger partial charge is 0.573 e. The molecule has 6 rings (SSSR count). The number of hydrogen-bond acceptors (Lipinski definition) is 12. The maximum atomic E-state index is 14.1. The van der Waals surface area contributed by atoms with Gasteiger partial charge in [0.1, 0.15) is 21.0 Å². The number of nitrogens with zero attached hydrogens (tertiary/aromatic N) is 2. The van der Waals surface area contributed by atoms with Gasteiger partial charge < -0.3 is 21.2 Å². The molecule has 56 heavy (non-hydrogen) atoms. The normalized spacial score (nSPS) is 21.8. The smallest absolute Gasteiger partial charge is 0.405 e. The lowest BCUT2D eigenvalue weighted by molar-refractivity contribution is -0.276. The molecule has 0 radical (unpaired) electrons. The molecular formula is C34H28F6N8O6S2. The first-order valence-electron chi connectivity index (χ1n) is 15.8. The van der Waals surface area contributed by atoms with Gasteiger partial charge >= 0.3 is 12.7 Å². The average molecular weight is 823 g/mol.